The van der Waals surface area contributed by atoms with Crippen LogP contribution in [0.3, 0.4) is 0 Å². The summed E-state index contributed by atoms with van der Waals surface area (Å²) in [6.07, 6.45) is -11.1. The Hall–Kier alpha value is -1.25. The molecule has 0 saturated carbocycles. The second-order valence-corrected chi connectivity index (χ2v) is 4.78. The van der Waals surface area contributed by atoms with E-state index in [0.29, 0.717) is 0 Å². The van der Waals surface area contributed by atoms with Gasteiger partial charge in [-0.25, -0.2) is 0 Å². The van der Waals surface area contributed by atoms with E-state index in [1.54, 1.807) is 0 Å². The van der Waals surface area contributed by atoms with Gasteiger partial charge in [-0.2, -0.15) is 26.3 Å². The molecule has 1 aromatic carbocycles. The SMILES string of the molecule is O=C(CC(F)(F)F)NCc1ccc(Br)cc1C(F)(F)F. The van der Waals surface area contributed by atoms with Gasteiger partial charge in [-0.3, -0.25) is 4.79 Å². The van der Waals surface area contributed by atoms with Crippen LogP contribution in [0.2, 0.25) is 0 Å². The summed E-state index contributed by atoms with van der Waals surface area (Å²) in [5.41, 5.74) is -1.32. The second kappa shape index (κ2) is 6.02. The first-order valence-corrected chi connectivity index (χ1v) is 5.97. The molecule has 0 fully saturated rings. The quantitative estimate of drug-likeness (QED) is 0.807. The zero-order valence-corrected chi connectivity index (χ0v) is 11.3. The fraction of sp³-hybridized carbons (Fsp3) is 0.364. The van der Waals surface area contributed by atoms with E-state index < -0.39 is 36.8 Å². The summed E-state index contributed by atoms with van der Waals surface area (Å²) < 4.78 is 74.0. The minimum Gasteiger partial charge on any atom is -0.352 e. The van der Waals surface area contributed by atoms with Gasteiger partial charge in [-0.1, -0.05) is 22.0 Å². The van der Waals surface area contributed by atoms with Gasteiger partial charge < -0.3 is 5.32 Å². The number of alkyl halides is 6. The number of amides is 1. The number of rotatable bonds is 3. The van der Waals surface area contributed by atoms with E-state index in [2.05, 4.69) is 15.9 Å². The van der Waals surface area contributed by atoms with E-state index in [0.717, 1.165) is 12.1 Å². The third kappa shape index (κ3) is 5.40. The van der Waals surface area contributed by atoms with Crippen LogP contribution in [-0.2, 0) is 17.5 Å². The number of hydrogen-bond acceptors (Lipinski definition) is 1. The minimum absolute atomic E-state index is 0.176. The van der Waals surface area contributed by atoms with Gasteiger partial charge in [-0.15, -0.1) is 0 Å². The van der Waals surface area contributed by atoms with Gasteiger partial charge in [-0.05, 0) is 17.7 Å². The highest BCUT2D eigenvalue weighted by atomic mass is 79.9. The Balaban J connectivity index is 2.81. The van der Waals surface area contributed by atoms with E-state index in [1.165, 1.54) is 6.07 Å². The van der Waals surface area contributed by atoms with Crippen LogP contribution in [0.25, 0.3) is 0 Å². The van der Waals surface area contributed by atoms with Crippen molar-refractivity contribution >= 4 is 21.8 Å². The normalized spacial score (nSPS) is 12.3. The zero-order valence-electron chi connectivity index (χ0n) is 9.70. The maximum absolute atomic E-state index is 12.7. The second-order valence-electron chi connectivity index (χ2n) is 3.87. The number of carbonyl (C=O) groups is 1. The Morgan fingerprint density at radius 3 is 2.25 bits per heavy atom. The van der Waals surface area contributed by atoms with Crippen LogP contribution in [0.4, 0.5) is 26.3 Å². The van der Waals surface area contributed by atoms with Crippen LogP contribution in [0.15, 0.2) is 22.7 Å². The Morgan fingerprint density at radius 2 is 1.75 bits per heavy atom. The molecule has 112 valence electrons. The van der Waals surface area contributed by atoms with Gasteiger partial charge >= 0.3 is 12.4 Å². The molecule has 0 heterocycles. The third-order valence-corrected chi connectivity index (χ3v) is 2.71. The Bertz CT molecular complexity index is 497. The standard InChI is InChI=1S/C11H8BrF6NO/c12-7-2-1-6(8(3-7)11(16,17)18)5-19-9(20)4-10(13,14)15/h1-3H,4-5H2,(H,19,20). The molecule has 2 nitrogen and oxygen atoms in total. The lowest BCUT2D eigenvalue weighted by molar-refractivity contribution is -0.154. The summed E-state index contributed by atoms with van der Waals surface area (Å²) in [4.78, 5) is 10.9. The molecule has 0 spiro atoms. The molecule has 0 bridgehead atoms. The first-order chi connectivity index (χ1) is 8.99. The van der Waals surface area contributed by atoms with Crippen LogP contribution in [0, 0.1) is 0 Å². The molecule has 0 radical (unpaired) electrons. The molecule has 0 unspecified atom stereocenters. The Kier molecular flexibility index (Phi) is 5.06. The molecule has 0 aromatic heterocycles. The minimum atomic E-state index is -4.70. The maximum atomic E-state index is 12.7. The van der Waals surface area contributed by atoms with Crippen LogP contribution in [0.1, 0.15) is 17.5 Å². The molecule has 0 aliphatic rings. The lowest BCUT2D eigenvalue weighted by Gasteiger charge is -2.14. The largest absolute Gasteiger partial charge is 0.416 e. The molecule has 0 atom stereocenters. The Labute approximate surface area is 118 Å². The molecule has 9 heteroatoms. The number of carbonyl (C=O) groups excluding carboxylic acids is 1. The van der Waals surface area contributed by atoms with Crippen molar-refractivity contribution in [3.8, 4) is 0 Å². The average molecular weight is 364 g/mol. The third-order valence-electron chi connectivity index (χ3n) is 2.21. The van der Waals surface area contributed by atoms with Crippen molar-refractivity contribution < 1.29 is 31.1 Å². The first kappa shape index (κ1) is 16.8. The molecule has 1 aromatic rings. The van der Waals surface area contributed by atoms with Crippen molar-refractivity contribution in [3.05, 3.63) is 33.8 Å². The molecule has 1 N–H and O–H groups in total. The fourth-order valence-corrected chi connectivity index (χ4v) is 1.77. The molecule has 0 saturated heterocycles. The molecular weight excluding hydrogens is 356 g/mol. The predicted octanol–water partition coefficient (Wildman–Crippen LogP) is 4.04. The van der Waals surface area contributed by atoms with Crippen molar-refractivity contribution in [2.24, 2.45) is 0 Å². The van der Waals surface area contributed by atoms with Crippen molar-refractivity contribution in [1.29, 1.82) is 0 Å². The van der Waals surface area contributed by atoms with Crippen molar-refractivity contribution in [1.82, 2.24) is 5.32 Å². The van der Waals surface area contributed by atoms with Crippen LogP contribution >= 0.6 is 15.9 Å². The van der Waals surface area contributed by atoms with E-state index in [-0.39, 0.29) is 10.0 Å². The summed E-state index contributed by atoms with van der Waals surface area (Å²) in [5, 5.41) is 1.81. The topological polar surface area (TPSA) is 29.1 Å². The van der Waals surface area contributed by atoms with Crippen molar-refractivity contribution in [2.75, 3.05) is 0 Å². The highest BCUT2D eigenvalue weighted by molar-refractivity contribution is 9.10. The monoisotopic (exact) mass is 363 g/mol. The van der Waals surface area contributed by atoms with Crippen molar-refractivity contribution in [3.63, 3.8) is 0 Å². The summed E-state index contributed by atoms with van der Waals surface area (Å²) in [5.74, 6) is -1.38. The average Bonchev–Trinajstić information content (AvgIpc) is 2.23. The summed E-state index contributed by atoms with van der Waals surface area (Å²) >= 11 is 2.87. The molecule has 1 rings (SSSR count). The summed E-state index contributed by atoms with van der Waals surface area (Å²) in [6.45, 7) is -0.628. The first-order valence-electron chi connectivity index (χ1n) is 5.18. The lowest BCUT2D eigenvalue weighted by atomic mass is 10.1. The van der Waals surface area contributed by atoms with E-state index >= 15 is 0 Å². The number of halogens is 7. The predicted molar refractivity (Wildman–Crippen MR) is 61.7 cm³/mol. The highest BCUT2D eigenvalue weighted by Crippen LogP contribution is 2.33. The summed E-state index contributed by atoms with van der Waals surface area (Å²) in [7, 11) is 0. The lowest BCUT2D eigenvalue weighted by Crippen LogP contribution is -2.29. The van der Waals surface area contributed by atoms with E-state index in [9.17, 15) is 31.1 Å². The van der Waals surface area contributed by atoms with Gasteiger partial charge in [0, 0.05) is 11.0 Å². The molecule has 20 heavy (non-hydrogen) atoms. The van der Waals surface area contributed by atoms with Crippen LogP contribution in [-0.4, -0.2) is 12.1 Å². The van der Waals surface area contributed by atoms with E-state index in [1.807, 2.05) is 5.32 Å². The van der Waals surface area contributed by atoms with Crippen LogP contribution in [0.5, 0.6) is 0 Å². The smallest absolute Gasteiger partial charge is 0.352 e. The van der Waals surface area contributed by atoms with Gasteiger partial charge in [0.15, 0.2) is 0 Å². The van der Waals surface area contributed by atoms with Gasteiger partial charge in [0.05, 0.1) is 5.56 Å². The molecule has 1 amide bonds. The van der Waals surface area contributed by atoms with E-state index in [4.69, 9.17) is 0 Å². The van der Waals surface area contributed by atoms with Crippen LogP contribution < -0.4 is 5.32 Å². The van der Waals surface area contributed by atoms with Gasteiger partial charge in [0.25, 0.3) is 0 Å². The number of hydrogen-bond donors (Lipinski definition) is 1. The highest BCUT2D eigenvalue weighted by Gasteiger charge is 2.34. The Morgan fingerprint density at radius 1 is 1.15 bits per heavy atom. The fourth-order valence-electron chi connectivity index (χ4n) is 1.41. The van der Waals surface area contributed by atoms with Crippen molar-refractivity contribution in [2.45, 2.75) is 25.3 Å². The van der Waals surface area contributed by atoms with Gasteiger partial charge in [0.2, 0.25) is 5.91 Å². The maximum Gasteiger partial charge on any atom is 0.416 e. The molecule has 0 aliphatic heterocycles. The number of nitrogens with one attached hydrogen (secondary N) is 1. The summed E-state index contributed by atoms with van der Waals surface area (Å²) in [6, 6.07) is 3.19. The molecular formula is C11H8BrF6NO. The molecule has 0 aliphatic carbocycles. The zero-order chi connectivity index (χ0) is 15.6. The number of benzene rings is 1. The van der Waals surface area contributed by atoms with Gasteiger partial charge in [0.1, 0.15) is 6.42 Å².